The van der Waals surface area contributed by atoms with E-state index in [4.69, 9.17) is 11.6 Å². The van der Waals surface area contributed by atoms with Crippen LogP contribution in [0.25, 0.3) is 0 Å². The highest BCUT2D eigenvalue weighted by molar-refractivity contribution is 6.30. The van der Waals surface area contributed by atoms with Gasteiger partial charge in [0, 0.05) is 16.8 Å². The second kappa shape index (κ2) is 8.73. The van der Waals surface area contributed by atoms with Gasteiger partial charge in [-0.1, -0.05) is 30.5 Å². The summed E-state index contributed by atoms with van der Waals surface area (Å²) >= 11 is 6.07. The number of imide groups is 1. The Morgan fingerprint density at radius 2 is 1.92 bits per heavy atom. The molecule has 1 aliphatic carbocycles. The number of quaternary nitrogens is 1. The molecule has 0 aromatic heterocycles. The number of hydrogen-bond donors (Lipinski definition) is 3. The first-order valence-electron chi connectivity index (χ1n) is 9.49. The fraction of sp³-hybridized carbons (Fsp3) is 0.579. The first-order chi connectivity index (χ1) is 12.5. The molecule has 0 radical (unpaired) electrons. The third-order valence-electron chi connectivity index (χ3n) is 5.51. The summed E-state index contributed by atoms with van der Waals surface area (Å²) in [5.74, 6) is -0.202. The topological polar surface area (TPSA) is 65.9 Å². The number of hydrogen-bond acceptors (Lipinski definition) is 3. The van der Waals surface area contributed by atoms with Crippen LogP contribution < -0.4 is 20.4 Å². The molecule has 3 amide bonds. The number of rotatable bonds is 4. The quantitative estimate of drug-likeness (QED) is 0.736. The van der Waals surface area contributed by atoms with Crippen molar-refractivity contribution in [2.75, 3.05) is 31.1 Å². The van der Waals surface area contributed by atoms with Crippen LogP contribution in [0.2, 0.25) is 5.02 Å². The third kappa shape index (κ3) is 4.89. The summed E-state index contributed by atoms with van der Waals surface area (Å²) in [7, 11) is 0. The van der Waals surface area contributed by atoms with Crippen molar-refractivity contribution in [2.24, 2.45) is 0 Å². The molecule has 1 aromatic rings. The highest BCUT2D eigenvalue weighted by Gasteiger charge is 2.30. The Labute approximate surface area is 159 Å². The molecule has 0 unspecified atom stereocenters. The van der Waals surface area contributed by atoms with Crippen LogP contribution >= 0.6 is 11.6 Å². The van der Waals surface area contributed by atoms with Gasteiger partial charge in [-0.2, -0.15) is 0 Å². The Morgan fingerprint density at radius 1 is 1.23 bits per heavy atom. The fourth-order valence-electron chi connectivity index (χ4n) is 3.86. The number of piperazine rings is 1. The summed E-state index contributed by atoms with van der Waals surface area (Å²) in [5.41, 5.74) is 1.12. The smallest absolute Gasteiger partial charge is 0.321 e. The average Bonchev–Trinajstić information content (AvgIpc) is 3.14. The first-order valence-corrected chi connectivity index (χ1v) is 9.87. The van der Waals surface area contributed by atoms with E-state index in [0.29, 0.717) is 0 Å². The lowest BCUT2D eigenvalue weighted by Crippen LogP contribution is -3.19. The lowest BCUT2D eigenvalue weighted by atomic mass is 10.2. The van der Waals surface area contributed by atoms with Crippen molar-refractivity contribution in [3.05, 3.63) is 29.3 Å². The van der Waals surface area contributed by atoms with Crippen LogP contribution in [-0.4, -0.2) is 50.2 Å². The van der Waals surface area contributed by atoms with Crippen molar-refractivity contribution in [1.82, 2.24) is 10.6 Å². The Balaban J connectivity index is 1.45. The van der Waals surface area contributed by atoms with Crippen molar-refractivity contribution >= 4 is 29.2 Å². The summed E-state index contributed by atoms with van der Waals surface area (Å²) in [6, 6.07) is 7.46. The number of nitrogens with one attached hydrogen (secondary N) is 3. The van der Waals surface area contributed by atoms with E-state index < -0.39 is 0 Å². The van der Waals surface area contributed by atoms with Gasteiger partial charge < -0.3 is 15.1 Å². The van der Waals surface area contributed by atoms with Gasteiger partial charge in [0.1, 0.15) is 0 Å². The number of amides is 3. The SMILES string of the molecule is C[C@H](C(=O)NC(=O)NC1CCCC1)[NH+]1CCN(c2cccc(Cl)c2)CC1. The van der Waals surface area contributed by atoms with Gasteiger partial charge >= 0.3 is 6.03 Å². The minimum atomic E-state index is -0.356. The van der Waals surface area contributed by atoms with E-state index >= 15 is 0 Å². The highest BCUT2D eigenvalue weighted by Crippen LogP contribution is 2.19. The molecule has 1 saturated heterocycles. The molecule has 0 bridgehead atoms. The van der Waals surface area contributed by atoms with Crippen LogP contribution in [0.3, 0.4) is 0 Å². The molecule has 142 valence electrons. The third-order valence-corrected chi connectivity index (χ3v) is 5.75. The predicted octanol–water partition coefficient (Wildman–Crippen LogP) is 1.20. The molecule has 1 aliphatic heterocycles. The average molecular weight is 380 g/mol. The zero-order valence-corrected chi connectivity index (χ0v) is 16.0. The Kier molecular flexibility index (Phi) is 6.38. The first kappa shape index (κ1) is 19.0. The lowest BCUT2D eigenvalue weighted by molar-refractivity contribution is -0.914. The van der Waals surface area contributed by atoms with Crippen molar-refractivity contribution in [3.63, 3.8) is 0 Å². The van der Waals surface area contributed by atoms with E-state index in [2.05, 4.69) is 21.6 Å². The molecular weight excluding hydrogens is 352 g/mol. The maximum atomic E-state index is 12.4. The Hall–Kier alpha value is -1.79. The summed E-state index contributed by atoms with van der Waals surface area (Å²) < 4.78 is 0. The second-order valence-electron chi connectivity index (χ2n) is 7.29. The van der Waals surface area contributed by atoms with Crippen LogP contribution in [0, 0.1) is 0 Å². The summed E-state index contributed by atoms with van der Waals surface area (Å²) in [4.78, 5) is 27.9. The van der Waals surface area contributed by atoms with Gasteiger partial charge in [0.05, 0.1) is 26.2 Å². The van der Waals surface area contributed by atoms with Gasteiger partial charge in [-0.3, -0.25) is 10.1 Å². The maximum Gasteiger partial charge on any atom is 0.321 e. The molecule has 1 saturated carbocycles. The Morgan fingerprint density at radius 3 is 2.58 bits per heavy atom. The van der Waals surface area contributed by atoms with Crippen molar-refractivity contribution in [1.29, 1.82) is 0 Å². The Bertz CT molecular complexity index is 640. The number of nitrogens with zero attached hydrogens (tertiary/aromatic N) is 1. The van der Waals surface area contributed by atoms with Crippen LogP contribution in [0.4, 0.5) is 10.5 Å². The van der Waals surface area contributed by atoms with E-state index in [-0.39, 0.29) is 24.0 Å². The maximum absolute atomic E-state index is 12.4. The minimum absolute atomic E-state index is 0.202. The molecule has 2 fully saturated rings. The van der Waals surface area contributed by atoms with Gasteiger partial charge in [0.25, 0.3) is 5.91 Å². The van der Waals surface area contributed by atoms with Crippen molar-refractivity contribution < 1.29 is 14.5 Å². The molecule has 7 heteroatoms. The van der Waals surface area contributed by atoms with Gasteiger partial charge in [0.2, 0.25) is 0 Å². The van der Waals surface area contributed by atoms with E-state index in [1.165, 1.54) is 4.90 Å². The molecule has 3 rings (SSSR count). The standard InChI is InChI=1S/C19H27ClN4O2/c1-14(18(25)22-19(26)21-16-6-2-3-7-16)23-9-11-24(12-10-23)17-8-4-5-15(20)13-17/h4-5,8,13-14,16H,2-3,6-7,9-12H2,1H3,(H2,21,22,25,26)/p+1/t14-/m1/s1. The minimum Gasteiger partial charge on any atom is -0.360 e. The van der Waals surface area contributed by atoms with Gasteiger partial charge in [-0.05, 0) is 38.0 Å². The summed E-state index contributed by atoms with van der Waals surface area (Å²) in [6.07, 6.45) is 4.31. The molecule has 3 N–H and O–H groups in total. The molecule has 1 aromatic carbocycles. The lowest BCUT2D eigenvalue weighted by Gasteiger charge is -2.36. The molecule has 6 nitrogen and oxygen atoms in total. The molecule has 1 heterocycles. The molecule has 0 spiro atoms. The number of urea groups is 1. The largest absolute Gasteiger partial charge is 0.360 e. The molecule has 1 atom stereocenters. The van der Waals surface area contributed by atoms with E-state index in [1.54, 1.807) is 0 Å². The van der Waals surface area contributed by atoms with E-state index in [1.807, 2.05) is 25.1 Å². The van der Waals surface area contributed by atoms with Crippen LogP contribution in [0.15, 0.2) is 24.3 Å². The van der Waals surface area contributed by atoms with Crippen molar-refractivity contribution in [2.45, 2.75) is 44.7 Å². The monoisotopic (exact) mass is 379 g/mol. The van der Waals surface area contributed by atoms with Crippen LogP contribution in [0.1, 0.15) is 32.6 Å². The number of carbonyl (C=O) groups is 2. The number of anilines is 1. The highest BCUT2D eigenvalue weighted by atomic mass is 35.5. The van der Waals surface area contributed by atoms with Crippen molar-refractivity contribution in [3.8, 4) is 0 Å². The number of halogens is 1. The van der Waals surface area contributed by atoms with E-state index in [9.17, 15) is 9.59 Å². The fourth-order valence-corrected chi connectivity index (χ4v) is 4.04. The molecule has 26 heavy (non-hydrogen) atoms. The van der Waals surface area contributed by atoms with Gasteiger partial charge in [0.15, 0.2) is 6.04 Å². The molecule has 2 aliphatic rings. The number of benzene rings is 1. The zero-order valence-electron chi connectivity index (χ0n) is 15.3. The normalized spacial score (nSPS) is 20.0. The van der Waals surface area contributed by atoms with Crippen LogP contribution in [0.5, 0.6) is 0 Å². The predicted molar refractivity (Wildman–Crippen MR) is 103 cm³/mol. The van der Waals surface area contributed by atoms with Gasteiger partial charge in [-0.15, -0.1) is 0 Å². The van der Waals surface area contributed by atoms with E-state index in [0.717, 1.165) is 62.6 Å². The second-order valence-corrected chi connectivity index (χ2v) is 7.73. The number of carbonyl (C=O) groups excluding carboxylic acids is 2. The summed E-state index contributed by atoms with van der Waals surface area (Å²) in [5, 5.41) is 6.15. The van der Waals surface area contributed by atoms with Crippen LogP contribution in [-0.2, 0) is 4.79 Å². The molecular formula is C19H28ClN4O2+. The van der Waals surface area contributed by atoms with Gasteiger partial charge in [-0.25, -0.2) is 4.79 Å². The summed E-state index contributed by atoms with van der Waals surface area (Å²) in [6.45, 7) is 5.32. The zero-order chi connectivity index (χ0) is 18.5.